The standard InChI is InChI=1S/C12H19NO/c1-9(8-13)12(14)6-2-3-11(7-12)10-4-5-10/h9-11,14H,2-7H2,1H3. The Morgan fingerprint density at radius 1 is 1.36 bits per heavy atom. The predicted molar refractivity (Wildman–Crippen MR) is 54.4 cm³/mol. The first-order chi connectivity index (χ1) is 6.65. The zero-order valence-corrected chi connectivity index (χ0v) is 8.87. The molecule has 0 aromatic heterocycles. The number of nitrogens with zero attached hydrogens (tertiary/aromatic N) is 1. The van der Waals surface area contributed by atoms with Crippen LogP contribution in [0.15, 0.2) is 0 Å². The molecule has 14 heavy (non-hydrogen) atoms. The van der Waals surface area contributed by atoms with E-state index < -0.39 is 5.60 Å². The quantitative estimate of drug-likeness (QED) is 0.732. The van der Waals surface area contributed by atoms with Gasteiger partial charge in [0, 0.05) is 0 Å². The van der Waals surface area contributed by atoms with Crippen LogP contribution in [0.3, 0.4) is 0 Å². The van der Waals surface area contributed by atoms with Crippen LogP contribution in [0.2, 0.25) is 0 Å². The SMILES string of the molecule is CC(C#N)C1(O)CCCC(C2CC2)C1. The van der Waals surface area contributed by atoms with E-state index in [0.29, 0.717) is 5.92 Å². The maximum atomic E-state index is 10.4. The van der Waals surface area contributed by atoms with Gasteiger partial charge in [-0.3, -0.25) is 0 Å². The Morgan fingerprint density at radius 3 is 2.64 bits per heavy atom. The van der Waals surface area contributed by atoms with Crippen molar-refractivity contribution in [2.24, 2.45) is 17.8 Å². The lowest BCUT2D eigenvalue weighted by Crippen LogP contribution is -2.41. The van der Waals surface area contributed by atoms with Crippen LogP contribution >= 0.6 is 0 Å². The Hall–Kier alpha value is -0.550. The largest absolute Gasteiger partial charge is 0.389 e. The second-order valence-corrected chi connectivity index (χ2v) is 5.15. The summed E-state index contributed by atoms with van der Waals surface area (Å²) < 4.78 is 0. The third kappa shape index (κ3) is 1.79. The molecule has 78 valence electrons. The van der Waals surface area contributed by atoms with Crippen molar-refractivity contribution < 1.29 is 5.11 Å². The van der Waals surface area contributed by atoms with Crippen LogP contribution in [-0.4, -0.2) is 10.7 Å². The fourth-order valence-corrected chi connectivity index (χ4v) is 2.81. The number of aliphatic hydroxyl groups is 1. The van der Waals surface area contributed by atoms with Gasteiger partial charge < -0.3 is 5.11 Å². The summed E-state index contributed by atoms with van der Waals surface area (Å²) >= 11 is 0. The van der Waals surface area contributed by atoms with Crippen LogP contribution < -0.4 is 0 Å². The molecule has 0 heterocycles. The molecule has 0 aromatic carbocycles. The molecule has 3 unspecified atom stereocenters. The van der Waals surface area contributed by atoms with E-state index in [1.807, 2.05) is 6.92 Å². The molecule has 0 aromatic rings. The topological polar surface area (TPSA) is 44.0 Å². The van der Waals surface area contributed by atoms with Crippen molar-refractivity contribution in [2.45, 2.75) is 51.0 Å². The molecule has 0 saturated heterocycles. The van der Waals surface area contributed by atoms with Crippen molar-refractivity contribution in [3.05, 3.63) is 0 Å². The normalized spacial score (nSPS) is 40.2. The second-order valence-electron chi connectivity index (χ2n) is 5.15. The first-order valence-electron chi connectivity index (χ1n) is 5.78. The minimum absolute atomic E-state index is 0.205. The molecular weight excluding hydrogens is 174 g/mol. The summed E-state index contributed by atoms with van der Waals surface area (Å²) in [6, 6.07) is 2.21. The van der Waals surface area contributed by atoms with Crippen molar-refractivity contribution in [1.82, 2.24) is 0 Å². The van der Waals surface area contributed by atoms with Crippen LogP contribution in [0.5, 0.6) is 0 Å². The summed E-state index contributed by atoms with van der Waals surface area (Å²) in [5.74, 6) is 1.36. The zero-order chi connectivity index (χ0) is 10.2. The van der Waals surface area contributed by atoms with E-state index in [9.17, 15) is 5.11 Å². The highest BCUT2D eigenvalue weighted by atomic mass is 16.3. The average Bonchev–Trinajstić information content (AvgIpc) is 3.00. The number of nitriles is 1. The Kier molecular flexibility index (Phi) is 2.53. The van der Waals surface area contributed by atoms with E-state index in [1.54, 1.807) is 0 Å². The van der Waals surface area contributed by atoms with Gasteiger partial charge in [-0.15, -0.1) is 0 Å². The monoisotopic (exact) mass is 193 g/mol. The third-order valence-electron chi connectivity index (χ3n) is 4.09. The average molecular weight is 193 g/mol. The molecule has 0 aliphatic heterocycles. The minimum atomic E-state index is -0.680. The highest BCUT2D eigenvalue weighted by molar-refractivity contribution is 5.01. The maximum absolute atomic E-state index is 10.4. The molecule has 0 bridgehead atoms. The van der Waals surface area contributed by atoms with Crippen molar-refractivity contribution in [1.29, 1.82) is 5.26 Å². The summed E-state index contributed by atoms with van der Waals surface area (Å²) in [6.45, 7) is 1.86. The summed E-state index contributed by atoms with van der Waals surface area (Å²) in [5, 5.41) is 19.2. The van der Waals surface area contributed by atoms with Gasteiger partial charge in [0.15, 0.2) is 0 Å². The molecule has 2 aliphatic carbocycles. The van der Waals surface area contributed by atoms with E-state index in [1.165, 1.54) is 19.3 Å². The van der Waals surface area contributed by atoms with Gasteiger partial charge in [0.25, 0.3) is 0 Å². The maximum Gasteiger partial charge on any atom is 0.0805 e. The molecule has 0 amide bonds. The van der Waals surface area contributed by atoms with E-state index >= 15 is 0 Å². The third-order valence-corrected chi connectivity index (χ3v) is 4.09. The van der Waals surface area contributed by atoms with Crippen LogP contribution in [-0.2, 0) is 0 Å². The molecule has 0 spiro atoms. The molecule has 2 nitrogen and oxygen atoms in total. The highest BCUT2D eigenvalue weighted by Crippen LogP contribution is 2.48. The van der Waals surface area contributed by atoms with Gasteiger partial charge in [-0.2, -0.15) is 5.26 Å². The van der Waals surface area contributed by atoms with Crippen LogP contribution in [0, 0.1) is 29.1 Å². The van der Waals surface area contributed by atoms with E-state index in [2.05, 4.69) is 6.07 Å². The lowest BCUT2D eigenvalue weighted by molar-refractivity contribution is -0.0463. The van der Waals surface area contributed by atoms with Gasteiger partial charge in [-0.25, -0.2) is 0 Å². The summed E-state index contributed by atoms with van der Waals surface area (Å²) in [6.07, 6.45) is 6.76. The van der Waals surface area contributed by atoms with Gasteiger partial charge in [0.2, 0.25) is 0 Å². The van der Waals surface area contributed by atoms with E-state index in [4.69, 9.17) is 5.26 Å². The number of hydrogen-bond donors (Lipinski definition) is 1. The Labute approximate surface area is 85.9 Å². The molecule has 2 fully saturated rings. The number of rotatable bonds is 2. The lowest BCUT2D eigenvalue weighted by Gasteiger charge is -2.38. The van der Waals surface area contributed by atoms with Gasteiger partial charge in [-0.1, -0.05) is 6.42 Å². The molecule has 2 saturated carbocycles. The first-order valence-corrected chi connectivity index (χ1v) is 5.78. The molecule has 2 heteroatoms. The Bertz CT molecular complexity index is 254. The zero-order valence-electron chi connectivity index (χ0n) is 8.87. The fourth-order valence-electron chi connectivity index (χ4n) is 2.81. The summed E-state index contributed by atoms with van der Waals surface area (Å²) in [4.78, 5) is 0. The highest BCUT2D eigenvalue weighted by Gasteiger charge is 2.43. The predicted octanol–water partition coefficient (Wildman–Crippen LogP) is 2.48. The second kappa shape index (κ2) is 3.55. The lowest BCUT2D eigenvalue weighted by atomic mass is 9.71. The Morgan fingerprint density at radius 2 is 2.07 bits per heavy atom. The van der Waals surface area contributed by atoms with E-state index in [0.717, 1.165) is 25.2 Å². The van der Waals surface area contributed by atoms with Crippen molar-refractivity contribution in [2.75, 3.05) is 0 Å². The summed E-state index contributed by atoms with van der Waals surface area (Å²) in [7, 11) is 0. The first kappa shape index (κ1) is 9.98. The fraction of sp³-hybridized carbons (Fsp3) is 0.917. The molecule has 0 radical (unpaired) electrons. The molecule has 1 N–H and O–H groups in total. The van der Waals surface area contributed by atoms with Crippen molar-refractivity contribution in [3.8, 4) is 6.07 Å². The van der Waals surface area contributed by atoms with Gasteiger partial charge >= 0.3 is 0 Å². The van der Waals surface area contributed by atoms with Crippen LogP contribution in [0.1, 0.15) is 45.4 Å². The molecular formula is C12H19NO. The van der Waals surface area contributed by atoms with Gasteiger partial charge in [0.1, 0.15) is 0 Å². The smallest absolute Gasteiger partial charge is 0.0805 e. The van der Waals surface area contributed by atoms with Crippen molar-refractivity contribution >= 4 is 0 Å². The van der Waals surface area contributed by atoms with Crippen LogP contribution in [0.4, 0.5) is 0 Å². The van der Waals surface area contributed by atoms with Gasteiger partial charge in [-0.05, 0) is 50.9 Å². The van der Waals surface area contributed by atoms with Gasteiger partial charge in [0.05, 0.1) is 17.6 Å². The van der Waals surface area contributed by atoms with Crippen LogP contribution in [0.25, 0.3) is 0 Å². The Balaban J connectivity index is 2.01. The van der Waals surface area contributed by atoms with E-state index in [-0.39, 0.29) is 5.92 Å². The molecule has 2 aliphatic rings. The molecule has 2 rings (SSSR count). The number of hydrogen-bond acceptors (Lipinski definition) is 2. The van der Waals surface area contributed by atoms with Crippen molar-refractivity contribution in [3.63, 3.8) is 0 Å². The summed E-state index contributed by atoms with van der Waals surface area (Å²) in [5.41, 5.74) is -0.680. The molecule has 3 atom stereocenters. The minimum Gasteiger partial charge on any atom is -0.389 e.